The Kier molecular flexibility index (Phi) is 3.60. The van der Waals surface area contributed by atoms with Crippen LogP contribution in [-0.4, -0.2) is 11.5 Å². The van der Waals surface area contributed by atoms with Gasteiger partial charge in [-0.3, -0.25) is 10.1 Å². The van der Waals surface area contributed by atoms with E-state index in [1.54, 1.807) is 12.1 Å². The molecule has 0 aromatic heterocycles. The van der Waals surface area contributed by atoms with E-state index >= 15 is 0 Å². The van der Waals surface area contributed by atoms with Crippen molar-refractivity contribution < 1.29 is 9.66 Å². The maximum atomic E-state index is 10.7. The van der Waals surface area contributed by atoms with E-state index in [9.17, 15) is 10.1 Å². The largest absolute Gasteiger partial charge is 0.472 e. The molecular formula is C9H9N3O3. The lowest BCUT2D eigenvalue weighted by molar-refractivity contribution is -0.385. The zero-order valence-corrected chi connectivity index (χ0v) is 7.84. The molecule has 1 rings (SSSR count). The van der Waals surface area contributed by atoms with Crippen molar-refractivity contribution in [2.24, 2.45) is 5.73 Å². The molecule has 1 aromatic carbocycles. The molecule has 6 nitrogen and oxygen atoms in total. The van der Waals surface area contributed by atoms with Gasteiger partial charge in [-0.05, 0) is 11.6 Å². The third kappa shape index (κ3) is 2.65. The number of nitrogens with zero attached hydrogens (tertiary/aromatic N) is 2. The minimum Gasteiger partial charge on any atom is -0.472 e. The van der Waals surface area contributed by atoms with Crippen LogP contribution in [0.2, 0.25) is 0 Å². The van der Waals surface area contributed by atoms with Crippen LogP contribution in [0.5, 0.6) is 5.75 Å². The number of hydrogen-bond donors (Lipinski definition) is 1. The fourth-order valence-electron chi connectivity index (χ4n) is 1.06. The van der Waals surface area contributed by atoms with Crippen LogP contribution in [0.3, 0.4) is 0 Å². The van der Waals surface area contributed by atoms with Crippen molar-refractivity contribution in [1.82, 2.24) is 0 Å². The van der Waals surface area contributed by atoms with Crippen LogP contribution in [0.25, 0.3) is 0 Å². The quantitative estimate of drug-likeness (QED) is 0.585. The second kappa shape index (κ2) is 4.93. The van der Waals surface area contributed by atoms with Crippen molar-refractivity contribution >= 4 is 5.69 Å². The Labute approximate surface area is 86.0 Å². The highest BCUT2D eigenvalue weighted by atomic mass is 16.6. The molecule has 0 radical (unpaired) electrons. The van der Waals surface area contributed by atoms with Gasteiger partial charge >= 0.3 is 5.69 Å². The molecule has 0 fully saturated rings. The van der Waals surface area contributed by atoms with Crippen molar-refractivity contribution in [1.29, 1.82) is 5.26 Å². The third-order valence-electron chi connectivity index (χ3n) is 1.75. The second-order valence-electron chi connectivity index (χ2n) is 2.71. The van der Waals surface area contributed by atoms with Crippen LogP contribution < -0.4 is 10.5 Å². The molecule has 0 aliphatic rings. The average Bonchev–Trinajstić information content (AvgIpc) is 2.26. The van der Waals surface area contributed by atoms with Gasteiger partial charge in [-0.2, -0.15) is 5.26 Å². The smallest absolute Gasteiger partial charge is 0.311 e. The molecule has 0 saturated carbocycles. The van der Waals surface area contributed by atoms with E-state index in [0.717, 1.165) is 0 Å². The molecular weight excluding hydrogens is 198 g/mol. The molecule has 15 heavy (non-hydrogen) atoms. The van der Waals surface area contributed by atoms with Crippen LogP contribution in [-0.2, 0) is 6.54 Å². The summed E-state index contributed by atoms with van der Waals surface area (Å²) >= 11 is 0. The molecule has 78 valence electrons. The number of benzene rings is 1. The van der Waals surface area contributed by atoms with E-state index in [1.165, 1.54) is 12.1 Å². The predicted molar refractivity (Wildman–Crippen MR) is 52.1 cm³/mol. The number of nitro benzene ring substituents is 1. The predicted octanol–water partition coefficient (Wildman–Crippen LogP) is 0.956. The van der Waals surface area contributed by atoms with Crippen molar-refractivity contribution in [3.05, 3.63) is 33.9 Å². The Morgan fingerprint density at radius 2 is 2.33 bits per heavy atom. The summed E-state index contributed by atoms with van der Waals surface area (Å²) in [5, 5.41) is 18.9. The molecule has 0 bridgehead atoms. The van der Waals surface area contributed by atoms with Gasteiger partial charge in [0.15, 0.2) is 12.4 Å². The van der Waals surface area contributed by atoms with E-state index in [2.05, 4.69) is 0 Å². The highest BCUT2D eigenvalue weighted by molar-refractivity contribution is 5.48. The van der Waals surface area contributed by atoms with Crippen LogP contribution in [0.15, 0.2) is 18.2 Å². The first-order valence-corrected chi connectivity index (χ1v) is 4.16. The summed E-state index contributed by atoms with van der Waals surface area (Å²) in [7, 11) is 0. The SMILES string of the molecule is N#CCOc1ccc(CN)cc1[N+](=O)[O-]. The van der Waals surface area contributed by atoms with Gasteiger partial charge in [-0.1, -0.05) is 6.07 Å². The highest BCUT2D eigenvalue weighted by Gasteiger charge is 2.15. The number of nitrogens with two attached hydrogens (primary N) is 1. The minimum atomic E-state index is -0.564. The Morgan fingerprint density at radius 1 is 1.60 bits per heavy atom. The summed E-state index contributed by atoms with van der Waals surface area (Å²) in [6, 6.07) is 6.15. The Hall–Kier alpha value is -2.13. The maximum absolute atomic E-state index is 10.7. The number of nitro groups is 1. The minimum absolute atomic E-state index is 0.0822. The first kappa shape index (κ1) is 10.9. The molecule has 2 N–H and O–H groups in total. The first-order chi connectivity index (χ1) is 7.19. The molecule has 0 saturated heterocycles. The normalized spacial score (nSPS) is 9.33. The van der Waals surface area contributed by atoms with Crippen LogP contribution in [0.4, 0.5) is 5.69 Å². The first-order valence-electron chi connectivity index (χ1n) is 4.16. The van der Waals surface area contributed by atoms with E-state index < -0.39 is 4.92 Å². The number of nitriles is 1. The summed E-state index contributed by atoms with van der Waals surface area (Å²) in [6.45, 7) is 0.00216. The lowest BCUT2D eigenvalue weighted by Gasteiger charge is -2.04. The van der Waals surface area contributed by atoms with Gasteiger partial charge < -0.3 is 10.5 Å². The summed E-state index contributed by atoms with van der Waals surface area (Å²) in [6.07, 6.45) is 0. The van der Waals surface area contributed by atoms with E-state index in [0.29, 0.717) is 5.56 Å². The van der Waals surface area contributed by atoms with Gasteiger partial charge in [0.2, 0.25) is 0 Å². The van der Waals surface area contributed by atoms with E-state index in [1.807, 2.05) is 0 Å². The van der Waals surface area contributed by atoms with Crippen molar-refractivity contribution in [2.45, 2.75) is 6.54 Å². The molecule has 0 aliphatic carbocycles. The zero-order chi connectivity index (χ0) is 11.3. The summed E-state index contributed by atoms with van der Waals surface area (Å²) in [5.41, 5.74) is 5.82. The topological polar surface area (TPSA) is 102 Å². The fraction of sp³-hybridized carbons (Fsp3) is 0.222. The standard InChI is InChI=1S/C9H9N3O3/c10-3-4-15-9-2-1-7(6-11)5-8(9)12(13)14/h1-2,5H,4,6,11H2. The maximum Gasteiger partial charge on any atom is 0.311 e. The molecule has 1 aromatic rings. The Bertz CT molecular complexity index is 412. The number of hydrogen-bond acceptors (Lipinski definition) is 5. The number of rotatable bonds is 4. The zero-order valence-electron chi connectivity index (χ0n) is 7.84. The van der Waals surface area contributed by atoms with Crippen LogP contribution >= 0.6 is 0 Å². The van der Waals surface area contributed by atoms with E-state index in [4.69, 9.17) is 15.7 Å². The van der Waals surface area contributed by atoms with Crippen molar-refractivity contribution in [3.8, 4) is 11.8 Å². The van der Waals surface area contributed by atoms with Crippen LogP contribution in [0.1, 0.15) is 5.56 Å². The van der Waals surface area contributed by atoms with Gasteiger partial charge in [0.25, 0.3) is 0 Å². The molecule has 0 atom stereocenters. The van der Waals surface area contributed by atoms with Crippen molar-refractivity contribution in [2.75, 3.05) is 6.61 Å². The molecule has 0 heterocycles. The lowest BCUT2D eigenvalue weighted by Crippen LogP contribution is -2.01. The second-order valence-corrected chi connectivity index (χ2v) is 2.71. The monoisotopic (exact) mass is 207 g/mol. The van der Waals surface area contributed by atoms with Crippen molar-refractivity contribution in [3.63, 3.8) is 0 Å². The number of ether oxygens (including phenoxy) is 1. The summed E-state index contributed by atoms with van der Waals surface area (Å²) in [4.78, 5) is 10.1. The molecule has 0 spiro atoms. The van der Waals surface area contributed by atoms with Gasteiger partial charge in [0, 0.05) is 12.6 Å². The Morgan fingerprint density at radius 3 is 2.87 bits per heavy atom. The van der Waals surface area contributed by atoms with Gasteiger partial charge in [-0.25, -0.2) is 0 Å². The van der Waals surface area contributed by atoms with Gasteiger partial charge in [-0.15, -0.1) is 0 Å². The third-order valence-corrected chi connectivity index (χ3v) is 1.75. The van der Waals surface area contributed by atoms with E-state index in [-0.39, 0.29) is 24.6 Å². The molecule has 6 heteroatoms. The van der Waals surface area contributed by atoms with Gasteiger partial charge in [0.1, 0.15) is 6.07 Å². The summed E-state index contributed by atoms with van der Waals surface area (Å²) in [5.74, 6) is 0.0822. The van der Waals surface area contributed by atoms with Crippen LogP contribution in [0, 0.1) is 21.4 Å². The molecule has 0 amide bonds. The molecule has 0 unspecified atom stereocenters. The average molecular weight is 207 g/mol. The Balaban J connectivity index is 3.05. The van der Waals surface area contributed by atoms with Gasteiger partial charge in [0.05, 0.1) is 4.92 Å². The molecule has 0 aliphatic heterocycles. The fourth-order valence-corrected chi connectivity index (χ4v) is 1.06. The summed E-state index contributed by atoms with van der Waals surface area (Å²) < 4.78 is 4.90. The lowest BCUT2D eigenvalue weighted by atomic mass is 10.2. The highest BCUT2D eigenvalue weighted by Crippen LogP contribution is 2.27.